The lowest BCUT2D eigenvalue weighted by Crippen LogP contribution is -2.20. The number of carbonyl (C=O) groups is 1. The van der Waals surface area contributed by atoms with Crippen molar-refractivity contribution in [2.75, 3.05) is 6.79 Å². The number of fused-ring (bicyclic) bond motifs is 2. The summed E-state index contributed by atoms with van der Waals surface area (Å²) in [7, 11) is 0. The minimum Gasteiger partial charge on any atom is -0.478 e. The smallest absolute Gasteiger partial charge is 0.349 e. The summed E-state index contributed by atoms with van der Waals surface area (Å²) in [5, 5.41) is 10.6. The summed E-state index contributed by atoms with van der Waals surface area (Å²) in [6.45, 7) is 6.83. The molecule has 9 heteroatoms. The van der Waals surface area contributed by atoms with Crippen LogP contribution < -0.4 is 14.2 Å². The Morgan fingerprint density at radius 3 is 2.50 bits per heavy atom. The van der Waals surface area contributed by atoms with E-state index in [2.05, 4.69) is 40.5 Å². The fourth-order valence-electron chi connectivity index (χ4n) is 4.97. The second-order valence-corrected chi connectivity index (χ2v) is 9.76. The molecular formula is C29H30ClN3O5. The number of imidazole rings is 1. The van der Waals surface area contributed by atoms with E-state index in [0.717, 1.165) is 59.2 Å². The van der Waals surface area contributed by atoms with E-state index in [9.17, 15) is 9.90 Å². The van der Waals surface area contributed by atoms with Crippen LogP contribution in [0.2, 0.25) is 5.15 Å². The number of halogens is 1. The number of aliphatic carboxylic acids is 1. The van der Waals surface area contributed by atoms with Crippen LogP contribution in [0, 0.1) is 6.92 Å². The maximum atomic E-state index is 12.4. The lowest BCUT2D eigenvalue weighted by atomic mass is 9.97. The molecule has 5 rings (SSSR count). The van der Waals surface area contributed by atoms with Crippen LogP contribution in [-0.2, 0) is 24.2 Å². The molecule has 3 heterocycles. The Morgan fingerprint density at radius 2 is 1.82 bits per heavy atom. The van der Waals surface area contributed by atoms with Gasteiger partial charge in [0.25, 0.3) is 0 Å². The van der Waals surface area contributed by atoms with E-state index in [-0.39, 0.29) is 6.79 Å². The SMILES string of the molecule is CCCc1cc(Cn2c(C)nc3ccnc(Cl)c32)cc(CCC)c1OC(C(=O)O)c1ccc2c(c1)OCO2. The number of hydrogen-bond acceptors (Lipinski definition) is 6. The van der Waals surface area contributed by atoms with E-state index in [1.165, 1.54) is 0 Å². The van der Waals surface area contributed by atoms with Crippen LogP contribution in [0.3, 0.4) is 0 Å². The van der Waals surface area contributed by atoms with Crippen LogP contribution in [0.15, 0.2) is 42.6 Å². The lowest BCUT2D eigenvalue weighted by Gasteiger charge is -2.22. The highest BCUT2D eigenvalue weighted by atomic mass is 35.5. The highest BCUT2D eigenvalue weighted by Crippen LogP contribution is 2.38. The molecule has 0 saturated carbocycles. The molecule has 0 amide bonds. The summed E-state index contributed by atoms with van der Waals surface area (Å²) < 4.78 is 19.3. The standard InChI is InChI=1S/C29H30ClN3O5/c1-4-6-19-12-18(15-33-17(3)32-22-10-11-31-28(30)25(22)33)13-20(7-5-2)26(19)38-27(29(34)35)21-8-9-23-24(14-21)37-16-36-23/h8-14,27H,4-7,15-16H2,1-3H3,(H,34,35). The Morgan fingerprint density at radius 1 is 1.11 bits per heavy atom. The van der Waals surface area contributed by atoms with Crippen LogP contribution in [0.1, 0.15) is 60.9 Å². The molecule has 0 bridgehead atoms. The average Bonchev–Trinajstić information content (AvgIpc) is 3.48. The summed E-state index contributed by atoms with van der Waals surface area (Å²) in [5.74, 6) is 1.53. The van der Waals surface area contributed by atoms with E-state index in [1.807, 2.05) is 13.0 Å². The maximum absolute atomic E-state index is 12.4. The first-order chi connectivity index (χ1) is 18.4. The molecule has 2 aromatic heterocycles. The van der Waals surface area contributed by atoms with E-state index < -0.39 is 12.1 Å². The Labute approximate surface area is 226 Å². The summed E-state index contributed by atoms with van der Waals surface area (Å²) in [6, 6.07) is 11.2. The van der Waals surface area contributed by atoms with Crippen LogP contribution in [-0.4, -0.2) is 32.4 Å². The quantitative estimate of drug-likeness (QED) is 0.239. The minimum atomic E-state index is -1.19. The Kier molecular flexibility index (Phi) is 7.42. The van der Waals surface area contributed by atoms with Crippen molar-refractivity contribution in [3.63, 3.8) is 0 Å². The molecule has 1 atom stereocenters. The maximum Gasteiger partial charge on any atom is 0.349 e. The molecule has 38 heavy (non-hydrogen) atoms. The van der Waals surface area contributed by atoms with Crippen LogP contribution in [0.25, 0.3) is 11.0 Å². The fraction of sp³-hybridized carbons (Fsp3) is 0.345. The highest BCUT2D eigenvalue weighted by Gasteiger charge is 2.27. The monoisotopic (exact) mass is 535 g/mol. The molecule has 198 valence electrons. The van der Waals surface area contributed by atoms with Crippen LogP contribution in [0.5, 0.6) is 17.2 Å². The number of ether oxygens (including phenoxy) is 3. The van der Waals surface area contributed by atoms with Gasteiger partial charge in [-0.3, -0.25) is 0 Å². The van der Waals surface area contributed by atoms with Crippen molar-refractivity contribution in [3.8, 4) is 17.2 Å². The zero-order chi connectivity index (χ0) is 26.8. The third kappa shape index (κ3) is 5.00. The molecule has 0 aliphatic carbocycles. The number of rotatable bonds is 10. The first-order valence-corrected chi connectivity index (χ1v) is 13.2. The van der Waals surface area contributed by atoms with Crippen molar-refractivity contribution in [3.05, 3.63) is 75.8 Å². The van der Waals surface area contributed by atoms with Gasteiger partial charge in [0.05, 0.1) is 5.52 Å². The molecular weight excluding hydrogens is 506 g/mol. The van der Waals surface area contributed by atoms with Gasteiger partial charge < -0.3 is 23.9 Å². The molecule has 8 nitrogen and oxygen atoms in total. The normalized spacial score (nSPS) is 13.2. The van der Waals surface area contributed by atoms with Gasteiger partial charge in [0.2, 0.25) is 12.9 Å². The molecule has 1 aliphatic heterocycles. The molecule has 0 radical (unpaired) electrons. The van der Waals surface area contributed by atoms with Gasteiger partial charge in [0.15, 0.2) is 16.7 Å². The second kappa shape index (κ2) is 10.9. The first kappa shape index (κ1) is 25.9. The van der Waals surface area contributed by atoms with Gasteiger partial charge in [0, 0.05) is 18.3 Å². The number of aryl methyl sites for hydroxylation is 3. The van der Waals surface area contributed by atoms with Gasteiger partial charge >= 0.3 is 5.97 Å². The van der Waals surface area contributed by atoms with E-state index in [4.69, 9.17) is 25.8 Å². The topological polar surface area (TPSA) is 95.7 Å². The molecule has 2 aromatic carbocycles. The van der Waals surface area contributed by atoms with Gasteiger partial charge in [-0.1, -0.05) is 56.5 Å². The Hall–Kier alpha value is -3.78. The largest absolute Gasteiger partial charge is 0.478 e. The molecule has 1 aliphatic rings. The number of nitrogens with zero attached hydrogens (tertiary/aromatic N) is 3. The van der Waals surface area contributed by atoms with Gasteiger partial charge in [-0.15, -0.1) is 0 Å². The van der Waals surface area contributed by atoms with Gasteiger partial charge in [-0.25, -0.2) is 14.8 Å². The summed E-state index contributed by atoms with van der Waals surface area (Å²) >= 11 is 6.45. The van der Waals surface area contributed by atoms with Crippen molar-refractivity contribution in [2.24, 2.45) is 0 Å². The molecule has 1 unspecified atom stereocenters. The van der Waals surface area contributed by atoms with Crippen molar-refractivity contribution >= 4 is 28.6 Å². The Bertz CT molecular complexity index is 1470. The van der Waals surface area contributed by atoms with Crippen LogP contribution >= 0.6 is 11.6 Å². The predicted molar refractivity (Wildman–Crippen MR) is 144 cm³/mol. The van der Waals surface area contributed by atoms with Crippen LogP contribution in [0.4, 0.5) is 0 Å². The number of hydrogen-bond donors (Lipinski definition) is 1. The zero-order valence-corrected chi connectivity index (χ0v) is 22.4. The molecule has 4 aromatic rings. The first-order valence-electron chi connectivity index (χ1n) is 12.8. The van der Waals surface area contributed by atoms with Gasteiger partial charge in [0.1, 0.15) is 17.1 Å². The van der Waals surface area contributed by atoms with E-state index in [1.54, 1.807) is 24.4 Å². The molecule has 0 saturated heterocycles. The number of carboxylic acids is 1. The number of aromatic nitrogens is 3. The summed E-state index contributed by atoms with van der Waals surface area (Å²) in [4.78, 5) is 21.3. The van der Waals surface area contributed by atoms with Crippen molar-refractivity contribution in [2.45, 2.75) is 59.1 Å². The fourth-order valence-corrected chi connectivity index (χ4v) is 5.22. The molecule has 0 spiro atoms. The van der Waals surface area contributed by atoms with Crippen molar-refractivity contribution in [1.82, 2.24) is 14.5 Å². The Balaban J connectivity index is 1.55. The summed E-state index contributed by atoms with van der Waals surface area (Å²) in [5.41, 5.74) is 5.13. The third-order valence-corrected chi connectivity index (χ3v) is 6.92. The van der Waals surface area contributed by atoms with Gasteiger partial charge in [-0.2, -0.15) is 0 Å². The number of pyridine rings is 1. The zero-order valence-electron chi connectivity index (χ0n) is 21.7. The lowest BCUT2D eigenvalue weighted by molar-refractivity contribution is -0.145. The van der Waals surface area contributed by atoms with E-state index >= 15 is 0 Å². The molecule has 0 fully saturated rings. The van der Waals surface area contributed by atoms with E-state index in [0.29, 0.717) is 34.5 Å². The third-order valence-electron chi connectivity index (χ3n) is 6.64. The average molecular weight is 536 g/mol. The molecule has 1 N–H and O–H groups in total. The number of benzene rings is 2. The van der Waals surface area contributed by atoms with Crippen molar-refractivity contribution in [1.29, 1.82) is 0 Å². The highest BCUT2D eigenvalue weighted by molar-refractivity contribution is 6.33. The minimum absolute atomic E-state index is 0.118. The predicted octanol–water partition coefficient (Wildman–Crippen LogP) is 6.28. The number of carboxylic acid groups (broad SMARTS) is 1. The summed E-state index contributed by atoms with van der Waals surface area (Å²) in [6.07, 6.45) is 3.74. The van der Waals surface area contributed by atoms with Crippen molar-refractivity contribution < 1.29 is 24.1 Å². The van der Waals surface area contributed by atoms with Gasteiger partial charge in [-0.05, 0) is 54.7 Å². The second-order valence-electron chi connectivity index (χ2n) is 9.41.